The third kappa shape index (κ3) is 7.05. The fourth-order valence-corrected chi connectivity index (χ4v) is 3.06. The first-order chi connectivity index (χ1) is 14.0. The maximum Gasteiger partial charge on any atom is 0.269 e. The Balaban J connectivity index is 2.03. The van der Waals surface area contributed by atoms with Crippen LogP contribution >= 0.6 is 0 Å². The number of nitrogens with zero attached hydrogens (tertiary/aromatic N) is 1. The van der Waals surface area contributed by atoms with Crippen molar-refractivity contribution >= 4 is 44.6 Å². The van der Waals surface area contributed by atoms with Crippen LogP contribution in [0.2, 0.25) is 0 Å². The number of hydrogen-bond donors (Lipinski definition) is 4. The lowest BCUT2D eigenvalue weighted by Gasteiger charge is -2.13. The van der Waals surface area contributed by atoms with Crippen molar-refractivity contribution in [2.45, 2.75) is 6.92 Å². The number of nitro benzene ring substituents is 1. The first kappa shape index (κ1) is 22.6. The monoisotopic (exact) mass is 435 g/mol. The maximum atomic E-state index is 12.6. The van der Waals surface area contributed by atoms with Gasteiger partial charge in [-0.05, 0) is 30.3 Å². The fourth-order valence-electron chi connectivity index (χ4n) is 2.48. The molecule has 2 rings (SSSR count). The molecule has 0 bridgehead atoms. The molecule has 0 unspecified atom stereocenters. The van der Waals surface area contributed by atoms with E-state index in [0.717, 1.165) is 6.26 Å². The molecule has 12 heteroatoms. The van der Waals surface area contributed by atoms with Gasteiger partial charge in [0.1, 0.15) is 0 Å². The highest BCUT2D eigenvalue weighted by molar-refractivity contribution is 7.92. The van der Waals surface area contributed by atoms with Gasteiger partial charge in [-0.25, -0.2) is 8.42 Å². The highest BCUT2D eigenvalue weighted by atomic mass is 32.2. The van der Waals surface area contributed by atoms with Gasteiger partial charge in [0.25, 0.3) is 11.6 Å². The van der Waals surface area contributed by atoms with Gasteiger partial charge in [0.2, 0.25) is 15.9 Å². The third-order valence-corrected chi connectivity index (χ3v) is 4.29. The van der Waals surface area contributed by atoms with Crippen molar-refractivity contribution in [1.29, 1.82) is 0 Å². The number of carbonyl (C=O) groups excluding carboxylic acids is 2. The number of nitro groups is 1. The van der Waals surface area contributed by atoms with Gasteiger partial charge in [-0.1, -0.05) is 0 Å². The largest absolute Gasteiger partial charge is 0.383 e. The number of amides is 2. The Hall–Kier alpha value is -3.67. The molecule has 0 spiro atoms. The molecule has 0 atom stereocenters. The van der Waals surface area contributed by atoms with Crippen molar-refractivity contribution in [3.05, 3.63) is 58.1 Å². The van der Waals surface area contributed by atoms with E-state index in [4.69, 9.17) is 0 Å². The number of non-ortho nitro benzene ring substituents is 1. The molecule has 0 saturated heterocycles. The predicted octanol–water partition coefficient (Wildman–Crippen LogP) is 1.77. The van der Waals surface area contributed by atoms with E-state index in [9.17, 15) is 28.1 Å². The molecule has 2 aromatic rings. The Morgan fingerprint density at radius 3 is 2.23 bits per heavy atom. The fraction of sp³-hybridized carbons (Fsp3) is 0.222. The Labute approximate surface area is 173 Å². The van der Waals surface area contributed by atoms with Crippen molar-refractivity contribution in [2.75, 3.05) is 34.7 Å². The second kappa shape index (κ2) is 9.69. The van der Waals surface area contributed by atoms with Crippen LogP contribution in [0, 0.1) is 10.1 Å². The van der Waals surface area contributed by atoms with Crippen LogP contribution in [0.3, 0.4) is 0 Å². The summed E-state index contributed by atoms with van der Waals surface area (Å²) >= 11 is 0. The van der Waals surface area contributed by atoms with Crippen LogP contribution in [-0.2, 0) is 14.8 Å². The quantitative estimate of drug-likeness (QED) is 0.265. The van der Waals surface area contributed by atoms with Gasteiger partial charge < -0.3 is 16.0 Å². The third-order valence-electron chi connectivity index (χ3n) is 3.70. The normalized spacial score (nSPS) is 10.7. The smallest absolute Gasteiger partial charge is 0.269 e. The topological polar surface area (TPSA) is 160 Å². The van der Waals surface area contributed by atoms with Crippen LogP contribution in [0.4, 0.5) is 22.7 Å². The summed E-state index contributed by atoms with van der Waals surface area (Å²) in [5, 5.41) is 18.8. The highest BCUT2D eigenvalue weighted by Crippen LogP contribution is 2.22. The standard InChI is InChI=1S/C18H21N5O6S/c1-12(24)21-14-5-8-17(22-30(2,28)29)16(11-14)18(25)20-10-9-19-13-3-6-15(7-4-13)23(26)27/h3-8,11,19,22H,9-10H2,1-2H3,(H,20,25)(H,21,24). The summed E-state index contributed by atoms with van der Waals surface area (Å²) in [4.78, 5) is 34.0. The van der Waals surface area contributed by atoms with E-state index in [-0.39, 0.29) is 29.4 Å². The Morgan fingerprint density at radius 2 is 1.67 bits per heavy atom. The Kier molecular flexibility index (Phi) is 7.31. The van der Waals surface area contributed by atoms with Crippen molar-refractivity contribution in [2.24, 2.45) is 0 Å². The van der Waals surface area contributed by atoms with E-state index in [1.54, 1.807) is 12.1 Å². The second-order valence-corrected chi connectivity index (χ2v) is 8.05. The minimum absolute atomic E-state index is 0.0289. The zero-order valence-electron chi connectivity index (χ0n) is 16.3. The number of rotatable bonds is 9. The summed E-state index contributed by atoms with van der Waals surface area (Å²) in [7, 11) is -3.62. The van der Waals surface area contributed by atoms with Gasteiger partial charge in [-0.2, -0.15) is 0 Å². The lowest BCUT2D eigenvalue weighted by molar-refractivity contribution is -0.384. The molecule has 0 aromatic heterocycles. The van der Waals surface area contributed by atoms with Crippen LogP contribution in [0.15, 0.2) is 42.5 Å². The summed E-state index contributed by atoms with van der Waals surface area (Å²) in [6, 6.07) is 10.0. The molecule has 4 N–H and O–H groups in total. The molecule has 0 aliphatic heterocycles. The molecule has 0 saturated carbocycles. The summed E-state index contributed by atoms with van der Waals surface area (Å²) in [5.41, 5.74) is 1.07. The van der Waals surface area contributed by atoms with Crippen LogP contribution in [0.25, 0.3) is 0 Å². The van der Waals surface area contributed by atoms with Gasteiger partial charge in [-0.3, -0.25) is 24.4 Å². The number of hydrogen-bond acceptors (Lipinski definition) is 7. The van der Waals surface area contributed by atoms with E-state index in [1.807, 2.05) is 0 Å². The molecule has 0 radical (unpaired) electrons. The average Bonchev–Trinajstić information content (AvgIpc) is 2.65. The van der Waals surface area contributed by atoms with Crippen LogP contribution in [0.1, 0.15) is 17.3 Å². The first-order valence-electron chi connectivity index (χ1n) is 8.71. The maximum absolute atomic E-state index is 12.6. The van der Waals surface area contributed by atoms with Gasteiger partial charge >= 0.3 is 0 Å². The van der Waals surface area contributed by atoms with Crippen LogP contribution < -0.4 is 20.7 Å². The van der Waals surface area contributed by atoms with E-state index in [2.05, 4.69) is 20.7 Å². The molecular formula is C18H21N5O6S. The molecule has 30 heavy (non-hydrogen) atoms. The summed E-state index contributed by atoms with van der Waals surface area (Å²) in [6.45, 7) is 1.83. The zero-order chi connectivity index (χ0) is 22.3. The minimum Gasteiger partial charge on any atom is -0.383 e. The number of sulfonamides is 1. The van der Waals surface area contributed by atoms with E-state index >= 15 is 0 Å². The van der Waals surface area contributed by atoms with Crippen LogP contribution in [-0.4, -0.2) is 44.5 Å². The van der Waals surface area contributed by atoms with Crippen LogP contribution in [0.5, 0.6) is 0 Å². The summed E-state index contributed by atoms with van der Waals surface area (Å²) in [6.07, 6.45) is 0.963. The van der Waals surface area contributed by atoms with Crippen molar-refractivity contribution in [3.63, 3.8) is 0 Å². The van der Waals surface area contributed by atoms with E-state index < -0.39 is 20.9 Å². The molecule has 2 amide bonds. The number of benzene rings is 2. The lowest BCUT2D eigenvalue weighted by Crippen LogP contribution is -2.29. The van der Waals surface area contributed by atoms with Gasteiger partial charge in [0.05, 0.1) is 22.4 Å². The van der Waals surface area contributed by atoms with Gasteiger partial charge in [0.15, 0.2) is 0 Å². The minimum atomic E-state index is -3.62. The van der Waals surface area contributed by atoms with Gasteiger partial charge in [-0.15, -0.1) is 0 Å². The Morgan fingerprint density at radius 1 is 1.03 bits per heavy atom. The first-order valence-corrected chi connectivity index (χ1v) is 10.6. The van der Waals surface area contributed by atoms with Crippen molar-refractivity contribution in [1.82, 2.24) is 5.32 Å². The predicted molar refractivity (Wildman–Crippen MR) is 113 cm³/mol. The molecule has 160 valence electrons. The molecule has 0 aliphatic carbocycles. The SMILES string of the molecule is CC(=O)Nc1ccc(NS(C)(=O)=O)c(C(=O)NCCNc2ccc([N+](=O)[O-])cc2)c1. The second-order valence-electron chi connectivity index (χ2n) is 6.30. The summed E-state index contributed by atoms with van der Waals surface area (Å²) in [5.74, 6) is -0.878. The molecule has 2 aromatic carbocycles. The lowest BCUT2D eigenvalue weighted by atomic mass is 10.1. The number of carbonyl (C=O) groups is 2. The van der Waals surface area contributed by atoms with Crippen molar-refractivity contribution in [3.8, 4) is 0 Å². The molecule has 11 nitrogen and oxygen atoms in total. The Bertz CT molecular complexity index is 1050. The van der Waals surface area contributed by atoms with E-state index in [0.29, 0.717) is 17.9 Å². The number of anilines is 3. The molecule has 0 fully saturated rings. The molecule has 0 aliphatic rings. The van der Waals surface area contributed by atoms with Gasteiger partial charge in [0, 0.05) is 43.5 Å². The summed E-state index contributed by atoms with van der Waals surface area (Å²) < 4.78 is 25.4. The zero-order valence-corrected chi connectivity index (χ0v) is 17.1. The number of nitrogens with one attached hydrogen (secondary N) is 4. The van der Waals surface area contributed by atoms with E-state index in [1.165, 1.54) is 37.3 Å². The molecule has 0 heterocycles. The average molecular weight is 435 g/mol. The van der Waals surface area contributed by atoms with Crippen molar-refractivity contribution < 1.29 is 22.9 Å². The molecular weight excluding hydrogens is 414 g/mol. The highest BCUT2D eigenvalue weighted by Gasteiger charge is 2.15.